The molecule has 0 bridgehead atoms. The van der Waals surface area contributed by atoms with Gasteiger partial charge in [0.15, 0.2) is 0 Å². The summed E-state index contributed by atoms with van der Waals surface area (Å²) in [6, 6.07) is 0. The van der Waals surface area contributed by atoms with E-state index in [9.17, 15) is 5.11 Å². The smallest absolute Gasteiger partial charge is 0.0883 e. The Hall–Kier alpha value is -0.460. The highest BCUT2D eigenvalue weighted by molar-refractivity contribution is 5.04. The van der Waals surface area contributed by atoms with Crippen molar-refractivity contribution in [3.8, 4) is 0 Å². The van der Waals surface area contributed by atoms with Crippen LogP contribution < -0.4 is 0 Å². The van der Waals surface area contributed by atoms with Crippen LogP contribution in [0.2, 0.25) is 0 Å². The van der Waals surface area contributed by atoms with Crippen LogP contribution in [0.1, 0.15) is 59.3 Å². The molecule has 0 aliphatic rings. The Bertz CT molecular complexity index is 132. The molecule has 0 atom stereocenters. The Kier molecular flexibility index (Phi) is 6.93. The summed E-state index contributed by atoms with van der Waals surface area (Å²) in [5.74, 6) is 0.549. The van der Waals surface area contributed by atoms with Crippen molar-refractivity contribution in [2.75, 3.05) is 0 Å². The van der Waals surface area contributed by atoms with Gasteiger partial charge in [0, 0.05) is 0 Å². The number of hydrogen-bond acceptors (Lipinski definition) is 1. The van der Waals surface area contributed by atoms with Gasteiger partial charge in [-0.3, -0.25) is 0 Å². The lowest BCUT2D eigenvalue weighted by molar-refractivity contribution is 0.399. The van der Waals surface area contributed by atoms with Crippen LogP contribution in [0, 0.1) is 0 Å². The van der Waals surface area contributed by atoms with Gasteiger partial charge in [0.25, 0.3) is 0 Å². The molecule has 0 rings (SSSR count). The lowest BCUT2D eigenvalue weighted by Gasteiger charge is -2.06. The molecule has 12 heavy (non-hydrogen) atoms. The van der Waals surface area contributed by atoms with Gasteiger partial charge in [-0.15, -0.1) is 0 Å². The first-order chi connectivity index (χ1) is 5.72. The molecule has 0 aromatic carbocycles. The van der Waals surface area contributed by atoms with Crippen molar-refractivity contribution in [1.29, 1.82) is 0 Å². The maximum Gasteiger partial charge on any atom is 0.0883 e. The third-order valence-corrected chi connectivity index (χ3v) is 2.15. The summed E-state index contributed by atoms with van der Waals surface area (Å²) in [6.45, 7) is 6.16. The van der Waals surface area contributed by atoms with E-state index in [1.165, 1.54) is 24.8 Å². The molecule has 1 heteroatoms. The van der Waals surface area contributed by atoms with Gasteiger partial charge in [0.2, 0.25) is 0 Å². The van der Waals surface area contributed by atoms with E-state index in [2.05, 4.69) is 13.8 Å². The maximum absolute atomic E-state index is 9.32. The van der Waals surface area contributed by atoms with Gasteiger partial charge in [-0.05, 0) is 31.8 Å². The molecule has 0 unspecified atom stereocenters. The molecule has 0 aromatic heterocycles. The number of rotatable bonds is 6. The minimum absolute atomic E-state index is 0.549. The summed E-state index contributed by atoms with van der Waals surface area (Å²) < 4.78 is 0. The van der Waals surface area contributed by atoms with E-state index in [0.717, 1.165) is 19.3 Å². The Morgan fingerprint density at radius 1 is 1.00 bits per heavy atom. The molecule has 1 N–H and O–H groups in total. The van der Waals surface area contributed by atoms with Crippen molar-refractivity contribution >= 4 is 0 Å². The maximum atomic E-state index is 9.32. The van der Waals surface area contributed by atoms with E-state index in [-0.39, 0.29) is 0 Å². The summed E-state index contributed by atoms with van der Waals surface area (Å²) in [5.41, 5.74) is 1.26. The number of unbranched alkanes of at least 4 members (excludes halogenated alkanes) is 2. The minimum atomic E-state index is 0.549. The minimum Gasteiger partial charge on any atom is -0.513 e. The standard InChI is InChI=1S/C11H22O/c1-4-6-7-9-11(8-5-2)10(3)12/h12H,4-9H2,1-3H3/b11-10+. The second kappa shape index (κ2) is 7.20. The first kappa shape index (κ1) is 11.5. The van der Waals surface area contributed by atoms with Crippen LogP contribution in [0.3, 0.4) is 0 Å². The normalized spacial score (nSPS) is 12.9. The third kappa shape index (κ3) is 5.22. The summed E-state index contributed by atoms with van der Waals surface area (Å²) >= 11 is 0. The monoisotopic (exact) mass is 170 g/mol. The molecular formula is C11H22O. The molecule has 0 aliphatic carbocycles. The topological polar surface area (TPSA) is 20.2 Å². The third-order valence-electron chi connectivity index (χ3n) is 2.15. The fraction of sp³-hybridized carbons (Fsp3) is 0.818. The first-order valence-electron chi connectivity index (χ1n) is 5.09. The summed E-state index contributed by atoms with van der Waals surface area (Å²) in [6.07, 6.45) is 7.05. The highest BCUT2D eigenvalue weighted by Gasteiger charge is 1.99. The zero-order valence-corrected chi connectivity index (χ0v) is 8.69. The molecule has 0 radical (unpaired) electrons. The molecule has 0 spiro atoms. The molecule has 0 saturated heterocycles. The van der Waals surface area contributed by atoms with Crippen LogP contribution in [-0.4, -0.2) is 5.11 Å². The fourth-order valence-electron chi connectivity index (χ4n) is 1.38. The van der Waals surface area contributed by atoms with E-state index < -0.39 is 0 Å². The highest BCUT2D eigenvalue weighted by atomic mass is 16.3. The summed E-state index contributed by atoms with van der Waals surface area (Å²) in [5, 5.41) is 9.32. The van der Waals surface area contributed by atoms with Gasteiger partial charge in [-0.25, -0.2) is 0 Å². The van der Waals surface area contributed by atoms with Crippen molar-refractivity contribution in [2.24, 2.45) is 0 Å². The van der Waals surface area contributed by atoms with E-state index in [1.54, 1.807) is 6.92 Å². The van der Waals surface area contributed by atoms with Gasteiger partial charge in [0.05, 0.1) is 5.76 Å². The molecule has 0 heterocycles. The van der Waals surface area contributed by atoms with Gasteiger partial charge in [0.1, 0.15) is 0 Å². The van der Waals surface area contributed by atoms with Gasteiger partial charge >= 0.3 is 0 Å². The highest BCUT2D eigenvalue weighted by Crippen LogP contribution is 2.17. The quantitative estimate of drug-likeness (QED) is 0.468. The zero-order chi connectivity index (χ0) is 9.40. The Morgan fingerprint density at radius 2 is 1.67 bits per heavy atom. The molecule has 0 fully saturated rings. The predicted molar refractivity (Wildman–Crippen MR) is 54.4 cm³/mol. The molecule has 0 saturated carbocycles. The SMILES string of the molecule is CCCCC/C(CCC)=C(\C)O. The van der Waals surface area contributed by atoms with Crippen molar-refractivity contribution in [3.63, 3.8) is 0 Å². The molecule has 1 nitrogen and oxygen atoms in total. The Balaban J connectivity index is 3.73. The predicted octanol–water partition coefficient (Wildman–Crippen LogP) is 4.20. The number of aliphatic hydroxyl groups excluding tert-OH is 1. The number of aliphatic hydroxyl groups is 1. The molecule has 0 aliphatic heterocycles. The average Bonchev–Trinajstić information content (AvgIpc) is 2.03. The largest absolute Gasteiger partial charge is 0.513 e. The van der Waals surface area contributed by atoms with E-state index in [1.807, 2.05) is 0 Å². The Morgan fingerprint density at radius 3 is 2.08 bits per heavy atom. The summed E-state index contributed by atoms with van der Waals surface area (Å²) in [7, 11) is 0. The van der Waals surface area contributed by atoms with Crippen LogP contribution >= 0.6 is 0 Å². The fourth-order valence-corrected chi connectivity index (χ4v) is 1.38. The second-order valence-corrected chi connectivity index (χ2v) is 3.40. The zero-order valence-electron chi connectivity index (χ0n) is 8.69. The van der Waals surface area contributed by atoms with Crippen molar-refractivity contribution < 1.29 is 5.11 Å². The van der Waals surface area contributed by atoms with Crippen LogP contribution in [0.25, 0.3) is 0 Å². The Labute approximate surface area is 76.5 Å². The van der Waals surface area contributed by atoms with Crippen LogP contribution in [0.5, 0.6) is 0 Å². The number of allylic oxidation sites excluding steroid dienone is 2. The van der Waals surface area contributed by atoms with Crippen molar-refractivity contribution in [3.05, 3.63) is 11.3 Å². The van der Waals surface area contributed by atoms with Crippen LogP contribution in [0.4, 0.5) is 0 Å². The summed E-state index contributed by atoms with van der Waals surface area (Å²) in [4.78, 5) is 0. The van der Waals surface area contributed by atoms with Gasteiger partial charge in [-0.1, -0.05) is 33.1 Å². The van der Waals surface area contributed by atoms with Crippen molar-refractivity contribution in [1.82, 2.24) is 0 Å². The van der Waals surface area contributed by atoms with Gasteiger partial charge in [-0.2, -0.15) is 0 Å². The molecule has 72 valence electrons. The van der Waals surface area contributed by atoms with Crippen LogP contribution in [0.15, 0.2) is 11.3 Å². The number of hydrogen-bond donors (Lipinski definition) is 1. The lowest BCUT2D eigenvalue weighted by atomic mass is 10.0. The van der Waals surface area contributed by atoms with E-state index in [4.69, 9.17) is 0 Å². The van der Waals surface area contributed by atoms with Crippen LogP contribution in [-0.2, 0) is 0 Å². The first-order valence-corrected chi connectivity index (χ1v) is 5.09. The van der Waals surface area contributed by atoms with E-state index >= 15 is 0 Å². The molecule has 0 amide bonds. The van der Waals surface area contributed by atoms with Crippen molar-refractivity contribution in [2.45, 2.75) is 59.3 Å². The second-order valence-electron chi connectivity index (χ2n) is 3.40. The molecule has 0 aromatic rings. The lowest BCUT2D eigenvalue weighted by Crippen LogP contribution is -1.89. The van der Waals surface area contributed by atoms with E-state index in [0.29, 0.717) is 5.76 Å². The van der Waals surface area contributed by atoms with Gasteiger partial charge < -0.3 is 5.11 Å². The molecular weight excluding hydrogens is 148 g/mol. The average molecular weight is 170 g/mol.